The van der Waals surface area contributed by atoms with Gasteiger partial charge in [-0.1, -0.05) is 17.7 Å². The van der Waals surface area contributed by atoms with Crippen LogP contribution < -0.4 is 15.8 Å². The molecule has 0 unspecified atom stereocenters. The van der Waals surface area contributed by atoms with Crippen molar-refractivity contribution in [3.8, 4) is 0 Å². The quantitative estimate of drug-likeness (QED) is 0.145. The molecule has 40 heavy (non-hydrogen) atoms. The second-order valence-electron chi connectivity index (χ2n) is 8.91. The van der Waals surface area contributed by atoms with Crippen LogP contribution in [0.15, 0.2) is 40.4 Å². The lowest BCUT2D eigenvalue weighted by molar-refractivity contribution is -0.192. The molecule has 3 rings (SSSR count). The number of primary amides is 1. The number of carbonyl (C=O) groups excluding carboxylic acids is 3. The summed E-state index contributed by atoms with van der Waals surface area (Å²) >= 11 is 1.07. The molecule has 15 nitrogen and oxygen atoms in total. The van der Waals surface area contributed by atoms with Crippen molar-refractivity contribution in [3.05, 3.63) is 41.1 Å². The summed E-state index contributed by atoms with van der Waals surface area (Å²) in [4.78, 5) is 61.1. The van der Waals surface area contributed by atoms with Gasteiger partial charge in [0.1, 0.15) is 23.7 Å². The Bertz CT molecular complexity index is 1350. The lowest BCUT2D eigenvalue weighted by Crippen LogP contribution is -2.80. The fourth-order valence-corrected chi connectivity index (χ4v) is 6.80. The van der Waals surface area contributed by atoms with Crippen LogP contribution in [0.4, 0.5) is 4.79 Å². The Morgan fingerprint density at radius 2 is 1.88 bits per heavy atom. The highest BCUT2D eigenvalue weighted by molar-refractivity contribution is 8.00. The number of ether oxygens (including phenoxy) is 2. The number of sulfonamides is 1. The average Bonchev–Trinajstić information content (AvgIpc) is 2.89. The molecule has 1 fully saturated rings. The van der Waals surface area contributed by atoms with Crippen molar-refractivity contribution in [1.82, 2.24) is 14.9 Å². The first kappa shape index (κ1) is 30.9. The summed E-state index contributed by atoms with van der Waals surface area (Å²) in [5.41, 5.74) is 3.58. The highest BCUT2D eigenvalue weighted by atomic mass is 32.2. The molecular weight excluding hydrogens is 572 g/mol. The van der Waals surface area contributed by atoms with E-state index in [1.165, 1.54) is 12.1 Å². The maximum Gasteiger partial charge on any atom is 0.404 e. The number of amides is 3. The Labute approximate surface area is 233 Å². The molecule has 0 bridgehead atoms. The van der Waals surface area contributed by atoms with E-state index in [0.29, 0.717) is 0 Å². The van der Waals surface area contributed by atoms with Gasteiger partial charge in [-0.15, -0.1) is 11.8 Å². The molecule has 2 heterocycles. The molecule has 3 atom stereocenters. The van der Waals surface area contributed by atoms with Crippen LogP contribution in [-0.2, 0) is 38.7 Å². The third-order valence-corrected chi connectivity index (χ3v) is 9.03. The zero-order valence-corrected chi connectivity index (χ0v) is 23.0. The van der Waals surface area contributed by atoms with E-state index in [1.54, 1.807) is 19.1 Å². The maximum atomic E-state index is 13.1. The standard InChI is InChI=1S/C23H28N4O11S2/c1-12-6-8-14(9-7-12)40(35,36)26-15(18(29)30)4-3-5-16(28)25-23(37-2)20(33)27-17(19(31)32)13(10-38-22(24)34)11-39-21(23)27/h6-9,15,21,26H,3-5,10-11H2,1-2H3,(H2,24,34)(H,25,28)(H,29,30)(H,31,32)/t15-,21-,23+/m1/s1. The second kappa shape index (κ2) is 12.2. The van der Waals surface area contributed by atoms with Crippen LogP contribution in [-0.4, -0.2) is 90.0 Å². The molecule has 0 radical (unpaired) electrons. The number of nitrogens with two attached hydrogens (primary N) is 1. The maximum absolute atomic E-state index is 13.1. The van der Waals surface area contributed by atoms with Gasteiger partial charge < -0.3 is 30.7 Å². The van der Waals surface area contributed by atoms with Crippen molar-refractivity contribution in [1.29, 1.82) is 0 Å². The van der Waals surface area contributed by atoms with Crippen molar-refractivity contribution in [2.75, 3.05) is 19.5 Å². The lowest BCUT2D eigenvalue weighted by Gasteiger charge is -2.55. The molecule has 1 aromatic carbocycles. The van der Waals surface area contributed by atoms with Crippen molar-refractivity contribution < 1.29 is 52.1 Å². The van der Waals surface area contributed by atoms with E-state index in [2.05, 4.69) is 14.8 Å². The van der Waals surface area contributed by atoms with E-state index in [4.69, 9.17) is 10.5 Å². The number of nitrogens with zero attached hydrogens (tertiary/aromatic N) is 1. The number of aliphatic carboxylic acids is 2. The highest BCUT2D eigenvalue weighted by Gasteiger charge is 2.66. The van der Waals surface area contributed by atoms with Crippen LogP contribution in [0.1, 0.15) is 24.8 Å². The number of methoxy groups -OCH3 is 1. The predicted octanol–water partition coefficient (Wildman–Crippen LogP) is -0.295. The molecule has 0 saturated carbocycles. The minimum atomic E-state index is -4.14. The van der Waals surface area contributed by atoms with Gasteiger partial charge in [0.2, 0.25) is 15.9 Å². The SMILES string of the molecule is CO[C@@]1(NC(=O)CCC[C@@H](NS(=O)(=O)c2ccc(C)cc2)C(=O)O)C(=O)N2C(C(=O)O)=C(COC(N)=O)CS[C@@H]21. The number of fused-ring (bicyclic) bond motifs is 1. The molecule has 2 aliphatic rings. The fraction of sp³-hybridized carbons (Fsp3) is 0.435. The fourth-order valence-electron chi connectivity index (χ4n) is 4.15. The molecule has 0 spiro atoms. The second-order valence-corrected chi connectivity index (χ2v) is 11.7. The minimum absolute atomic E-state index is 0.0335. The Morgan fingerprint density at radius 3 is 2.42 bits per heavy atom. The van der Waals surface area contributed by atoms with Crippen LogP contribution in [0.25, 0.3) is 0 Å². The summed E-state index contributed by atoms with van der Waals surface area (Å²) in [6.45, 7) is 1.33. The number of benzene rings is 1. The number of thioether (sulfide) groups is 1. The summed E-state index contributed by atoms with van der Waals surface area (Å²) in [5.74, 6) is -4.43. The first-order valence-electron chi connectivity index (χ1n) is 11.7. The van der Waals surface area contributed by atoms with Gasteiger partial charge in [-0.2, -0.15) is 4.72 Å². The van der Waals surface area contributed by atoms with Gasteiger partial charge in [-0.25, -0.2) is 18.0 Å². The number of carboxylic acid groups (broad SMARTS) is 2. The summed E-state index contributed by atoms with van der Waals surface area (Å²) in [6, 6.07) is 4.30. The number of rotatable bonds is 13. The molecule has 3 amide bonds. The zero-order valence-electron chi connectivity index (χ0n) is 21.4. The van der Waals surface area contributed by atoms with E-state index in [-0.39, 0.29) is 35.5 Å². The molecule has 1 aromatic rings. The number of aryl methyl sites for hydroxylation is 1. The average molecular weight is 601 g/mol. The van der Waals surface area contributed by atoms with Crippen LogP contribution in [0.2, 0.25) is 0 Å². The van der Waals surface area contributed by atoms with Gasteiger partial charge in [0.25, 0.3) is 11.6 Å². The van der Waals surface area contributed by atoms with Crippen molar-refractivity contribution in [3.63, 3.8) is 0 Å². The first-order valence-corrected chi connectivity index (χ1v) is 14.3. The number of nitrogens with one attached hydrogen (secondary N) is 2. The monoisotopic (exact) mass is 600 g/mol. The lowest BCUT2D eigenvalue weighted by atomic mass is 9.97. The first-order chi connectivity index (χ1) is 18.7. The van der Waals surface area contributed by atoms with Gasteiger partial charge in [-0.05, 0) is 31.9 Å². The van der Waals surface area contributed by atoms with Crippen LogP contribution >= 0.6 is 11.8 Å². The van der Waals surface area contributed by atoms with Gasteiger partial charge in [0.05, 0.1) is 4.90 Å². The van der Waals surface area contributed by atoms with E-state index in [0.717, 1.165) is 29.3 Å². The Morgan fingerprint density at radius 1 is 1.23 bits per heavy atom. The summed E-state index contributed by atoms with van der Waals surface area (Å²) in [7, 11) is -2.98. The van der Waals surface area contributed by atoms with Gasteiger partial charge in [-0.3, -0.25) is 19.3 Å². The third-order valence-electron chi connectivity index (χ3n) is 6.17. The molecule has 6 N–H and O–H groups in total. The molecule has 0 aliphatic carbocycles. The van der Waals surface area contributed by atoms with Crippen molar-refractivity contribution >= 4 is 51.6 Å². The predicted molar refractivity (Wildman–Crippen MR) is 138 cm³/mol. The van der Waals surface area contributed by atoms with E-state index in [1.807, 2.05) is 0 Å². The van der Waals surface area contributed by atoms with Gasteiger partial charge in [0.15, 0.2) is 0 Å². The molecule has 2 aliphatic heterocycles. The van der Waals surface area contributed by atoms with E-state index < -0.39 is 69.3 Å². The summed E-state index contributed by atoms with van der Waals surface area (Å²) in [5, 5.41) is 20.7. The van der Waals surface area contributed by atoms with Crippen LogP contribution in [0.3, 0.4) is 0 Å². The van der Waals surface area contributed by atoms with Crippen molar-refractivity contribution in [2.24, 2.45) is 5.73 Å². The Balaban J connectivity index is 1.63. The van der Waals surface area contributed by atoms with E-state index in [9.17, 15) is 42.6 Å². The summed E-state index contributed by atoms with van der Waals surface area (Å²) in [6.07, 6.45) is -1.71. The molecular formula is C23H28N4O11S2. The van der Waals surface area contributed by atoms with Gasteiger partial charge >= 0.3 is 18.0 Å². The van der Waals surface area contributed by atoms with Crippen molar-refractivity contribution in [2.45, 2.75) is 48.2 Å². The Kier molecular flexibility index (Phi) is 9.44. The number of carboxylic acids is 2. The summed E-state index contributed by atoms with van der Waals surface area (Å²) < 4.78 is 37.3. The van der Waals surface area contributed by atoms with Crippen LogP contribution in [0, 0.1) is 6.92 Å². The smallest absolute Gasteiger partial charge is 0.404 e. The molecule has 1 saturated heterocycles. The van der Waals surface area contributed by atoms with Gasteiger partial charge in [0, 0.05) is 24.9 Å². The normalized spacial score (nSPS) is 21.2. The number of hydrogen-bond donors (Lipinski definition) is 5. The Hall–Kier alpha value is -3.67. The largest absolute Gasteiger partial charge is 0.480 e. The zero-order chi connectivity index (χ0) is 29.8. The van der Waals surface area contributed by atoms with Crippen LogP contribution in [0.5, 0.6) is 0 Å². The molecule has 0 aromatic heterocycles. The molecule has 218 valence electrons. The third kappa shape index (κ3) is 6.38. The number of hydrogen-bond acceptors (Lipinski definition) is 10. The molecule has 17 heteroatoms. The number of β-lactam (4-membered cyclic amide) rings is 1. The number of carbonyl (C=O) groups is 5. The minimum Gasteiger partial charge on any atom is -0.480 e. The highest BCUT2D eigenvalue weighted by Crippen LogP contribution is 2.46. The van der Waals surface area contributed by atoms with E-state index >= 15 is 0 Å². The topological polar surface area (TPSA) is 232 Å².